The molecule has 0 aliphatic rings. The van der Waals surface area contributed by atoms with E-state index in [2.05, 4.69) is 20.8 Å². The Hall–Kier alpha value is 0.400. The van der Waals surface area contributed by atoms with E-state index in [1.165, 1.54) is 0 Å². The van der Waals surface area contributed by atoms with Crippen LogP contribution in [0.15, 0.2) is 0 Å². The molecule has 2 nitrogen and oxygen atoms in total. The van der Waals surface area contributed by atoms with Crippen molar-refractivity contribution >= 4 is 0 Å². The van der Waals surface area contributed by atoms with Crippen molar-refractivity contribution in [2.75, 3.05) is 19.6 Å². The predicted octanol–water partition coefficient (Wildman–Crippen LogP) is -1.40. The van der Waals surface area contributed by atoms with E-state index in [0.717, 1.165) is 30.5 Å². The van der Waals surface area contributed by atoms with Crippen LogP contribution in [0.2, 0.25) is 0 Å². The molecule has 0 aliphatic carbocycles. The number of halogens is 1. The van der Waals surface area contributed by atoms with Gasteiger partial charge in [0.2, 0.25) is 0 Å². The quantitative estimate of drug-likeness (QED) is 0.463. The standard InChI is InChI=1S/C9H22NO.BrH/c1-5-9(11)10(6-2,7-3)8-4;/h9,11H,5-8H2,1-4H3;1H/q+1;/p-1. The average molecular weight is 240 g/mol. The Morgan fingerprint density at radius 1 is 1.00 bits per heavy atom. The van der Waals surface area contributed by atoms with Gasteiger partial charge in [0.15, 0.2) is 6.23 Å². The summed E-state index contributed by atoms with van der Waals surface area (Å²) in [5.41, 5.74) is 0. The van der Waals surface area contributed by atoms with Gasteiger partial charge in [0.05, 0.1) is 19.6 Å². The zero-order valence-corrected chi connectivity index (χ0v) is 10.3. The van der Waals surface area contributed by atoms with Crippen LogP contribution < -0.4 is 17.0 Å². The number of rotatable bonds is 5. The second-order valence-electron chi connectivity index (χ2n) is 3.06. The van der Waals surface area contributed by atoms with E-state index in [0.29, 0.717) is 0 Å². The van der Waals surface area contributed by atoms with Gasteiger partial charge in [-0.25, -0.2) is 0 Å². The fourth-order valence-corrected chi connectivity index (χ4v) is 1.69. The first-order chi connectivity index (χ1) is 5.16. The Balaban J connectivity index is 0. The highest BCUT2D eigenvalue weighted by Crippen LogP contribution is 2.13. The van der Waals surface area contributed by atoms with Crippen LogP contribution in [0.25, 0.3) is 0 Å². The smallest absolute Gasteiger partial charge is 0.190 e. The number of nitrogens with zero attached hydrogens (tertiary/aromatic N) is 1. The number of aliphatic hydroxyl groups excluding tert-OH is 1. The minimum Gasteiger partial charge on any atom is -1.00 e. The van der Waals surface area contributed by atoms with Gasteiger partial charge in [-0.3, -0.25) is 4.48 Å². The largest absolute Gasteiger partial charge is 1.00 e. The summed E-state index contributed by atoms with van der Waals surface area (Å²) in [6, 6.07) is 0. The molecule has 0 bridgehead atoms. The summed E-state index contributed by atoms with van der Waals surface area (Å²) in [4.78, 5) is 0. The lowest BCUT2D eigenvalue weighted by atomic mass is 10.2. The molecule has 0 amide bonds. The molecule has 1 N–H and O–H groups in total. The van der Waals surface area contributed by atoms with Crippen molar-refractivity contribution in [3.63, 3.8) is 0 Å². The number of hydrogen-bond acceptors (Lipinski definition) is 1. The van der Waals surface area contributed by atoms with E-state index in [1.54, 1.807) is 0 Å². The highest BCUT2D eigenvalue weighted by atomic mass is 79.9. The van der Waals surface area contributed by atoms with Crippen molar-refractivity contribution < 1.29 is 26.6 Å². The van der Waals surface area contributed by atoms with Crippen LogP contribution in [0.5, 0.6) is 0 Å². The summed E-state index contributed by atoms with van der Waals surface area (Å²) in [6.45, 7) is 11.6. The van der Waals surface area contributed by atoms with Gasteiger partial charge in [-0.1, -0.05) is 6.92 Å². The minimum atomic E-state index is -0.171. The van der Waals surface area contributed by atoms with Crippen molar-refractivity contribution in [3.8, 4) is 0 Å². The second kappa shape index (κ2) is 6.87. The van der Waals surface area contributed by atoms with Crippen molar-refractivity contribution in [1.82, 2.24) is 0 Å². The molecule has 0 saturated heterocycles. The molecular formula is C9H22BrNO. The van der Waals surface area contributed by atoms with Crippen molar-refractivity contribution in [2.45, 2.75) is 40.3 Å². The van der Waals surface area contributed by atoms with Gasteiger partial charge in [0, 0.05) is 6.42 Å². The Morgan fingerprint density at radius 3 is 1.42 bits per heavy atom. The Labute approximate surface area is 86.9 Å². The number of aliphatic hydroxyl groups is 1. The van der Waals surface area contributed by atoms with Crippen LogP contribution in [0.1, 0.15) is 34.1 Å². The van der Waals surface area contributed by atoms with Gasteiger partial charge in [0.25, 0.3) is 0 Å². The Kier molecular flexibility index (Phi) is 8.53. The van der Waals surface area contributed by atoms with Crippen molar-refractivity contribution in [3.05, 3.63) is 0 Å². The molecule has 0 fully saturated rings. The summed E-state index contributed by atoms with van der Waals surface area (Å²) in [7, 11) is 0. The van der Waals surface area contributed by atoms with Crippen LogP contribution in [0.4, 0.5) is 0 Å². The summed E-state index contributed by atoms with van der Waals surface area (Å²) >= 11 is 0. The monoisotopic (exact) mass is 239 g/mol. The Bertz CT molecular complexity index is 96.4. The molecule has 0 saturated carbocycles. The molecule has 0 aromatic rings. The molecule has 0 heterocycles. The lowest BCUT2D eigenvalue weighted by Crippen LogP contribution is -3.00. The van der Waals surface area contributed by atoms with Gasteiger partial charge in [-0.05, 0) is 20.8 Å². The van der Waals surface area contributed by atoms with Gasteiger partial charge < -0.3 is 22.1 Å². The van der Waals surface area contributed by atoms with E-state index in [1.807, 2.05) is 6.92 Å². The molecule has 1 atom stereocenters. The molecular weight excluding hydrogens is 218 g/mol. The molecule has 0 aromatic heterocycles. The fraction of sp³-hybridized carbons (Fsp3) is 1.00. The fourth-order valence-electron chi connectivity index (χ4n) is 1.69. The highest BCUT2D eigenvalue weighted by Gasteiger charge is 2.28. The summed E-state index contributed by atoms with van der Waals surface area (Å²) < 4.78 is 0.844. The molecule has 3 heteroatoms. The van der Waals surface area contributed by atoms with Gasteiger partial charge in [0.1, 0.15) is 0 Å². The van der Waals surface area contributed by atoms with Crippen LogP contribution >= 0.6 is 0 Å². The first-order valence-corrected chi connectivity index (χ1v) is 4.70. The third kappa shape index (κ3) is 3.04. The maximum Gasteiger partial charge on any atom is 0.190 e. The van der Waals surface area contributed by atoms with E-state index in [-0.39, 0.29) is 23.2 Å². The van der Waals surface area contributed by atoms with Gasteiger partial charge in [-0.15, -0.1) is 0 Å². The zero-order chi connectivity index (χ0) is 8.91. The van der Waals surface area contributed by atoms with E-state index in [4.69, 9.17) is 0 Å². The van der Waals surface area contributed by atoms with Crippen LogP contribution in [0, 0.1) is 0 Å². The summed E-state index contributed by atoms with van der Waals surface area (Å²) in [5, 5.41) is 9.74. The van der Waals surface area contributed by atoms with E-state index in [9.17, 15) is 5.11 Å². The Morgan fingerprint density at radius 2 is 1.33 bits per heavy atom. The third-order valence-corrected chi connectivity index (χ3v) is 2.89. The van der Waals surface area contributed by atoms with Crippen LogP contribution in [-0.2, 0) is 0 Å². The normalized spacial score (nSPS) is 13.8. The van der Waals surface area contributed by atoms with Crippen LogP contribution in [-0.4, -0.2) is 35.5 Å². The van der Waals surface area contributed by atoms with Crippen molar-refractivity contribution in [1.29, 1.82) is 0 Å². The minimum absolute atomic E-state index is 0. The summed E-state index contributed by atoms with van der Waals surface area (Å²) in [6.07, 6.45) is 0.685. The van der Waals surface area contributed by atoms with Gasteiger partial charge >= 0.3 is 0 Å². The molecule has 0 rings (SSSR count). The first-order valence-electron chi connectivity index (χ1n) is 4.70. The highest BCUT2D eigenvalue weighted by molar-refractivity contribution is 4.41. The maximum absolute atomic E-state index is 9.74. The lowest BCUT2D eigenvalue weighted by Gasteiger charge is -2.39. The zero-order valence-electron chi connectivity index (χ0n) is 8.68. The molecule has 0 spiro atoms. The predicted molar refractivity (Wildman–Crippen MR) is 48.2 cm³/mol. The average Bonchev–Trinajstić information content (AvgIpc) is 2.08. The maximum atomic E-state index is 9.74. The molecule has 0 radical (unpaired) electrons. The molecule has 1 unspecified atom stereocenters. The number of quaternary nitrogens is 1. The molecule has 0 aromatic carbocycles. The van der Waals surface area contributed by atoms with Crippen molar-refractivity contribution in [2.24, 2.45) is 0 Å². The molecule has 0 aliphatic heterocycles. The molecule has 12 heavy (non-hydrogen) atoms. The van der Waals surface area contributed by atoms with E-state index < -0.39 is 0 Å². The van der Waals surface area contributed by atoms with Crippen LogP contribution in [0.3, 0.4) is 0 Å². The van der Waals surface area contributed by atoms with Gasteiger partial charge in [-0.2, -0.15) is 0 Å². The third-order valence-electron chi connectivity index (χ3n) is 2.89. The summed E-state index contributed by atoms with van der Waals surface area (Å²) in [5.74, 6) is 0. The number of hydrogen-bond donors (Lipinski definition) is 1. The molecule has 76 valence electrons. The first kappa shape index (κ1) is 14.9. The SMILES string of the molecule is CCC(O)[N+](CC)(CC)CC.[Br-]. The topological polar surface area (TPSA) is 20.2 Å². The lowest BCUT2D eigenvalue weighted by molar-refractivity contribution is -0.966. The second-order valence-corrected chi connectivity index (χ2v) is 3.06. The van der Waals surface area contributed by atoms with E-state index >= 15 is 0 Å².